The van der Waals surface area contributed by atoms with E-state index in [2.05, 4.69) is 14.9 Å². The Morgan fingerprint density at radius 1 is 1.43 bits per heavy atom. The molecule has 0 amide bonds. The van der Waals surface area contributed by atoms with Gasteiger partial charge < -0.3 is 10.9 Å². The minimum atomic E-state index is -3.62. The molecule has 0 saturated heterocycles. The predicted molar refractivity (Wildman–Crippen MR) is 81.2 cm³/mol. The first-order valence-electron chi connectivity index (χ1n) is 5.91. The van der Waals surface area contributed by atoms with Crippen molar-refractivity contribution in [3.05, 3.63) is 41.0 Å². The molecule has 7 nitrogen and oxygen atoms in total. The number of rotatable bonds is 5. The number of sulfonamides is 1. The van der Waals surface area contributed by atoms with E-state index in [0.717, 1.165) is 16.9 Å². The quantitative estimate of drug-likeness (QED) is 0.333. The van der Waals surface area contributed by atoms with Crippen LogP contribution in [0.4, 0.5) is 5.69 Å². The Morgan fingerprint density at radius 3 is 2.62 bits per heavy atom. The van der Waals surface area contributed by atoms with Crippen LogP contribution in [0.3, 0.4) is 0 Å². The van der Waals surface area contributed by atoms with Gasteiger partial charge in [-0.3, -0.25) is 4.72 Å². The molecule has 0 aliphatic heterocycles. The maximum absolute atomic E-state index is 12.1. The SMILES string of the molecule is Cc1ncc(S(=O)(=O)Nc2ccc(C/C(N)=N/O)cc2)s1. The van der Waals surface area contributed by atoms with Crippen LogP contribution in [-0.4, -0.2) is 24.4 Å². The van der Waals surface area contributed by atoms with Crippen LogP contribution in [0.15, 0.2) is 39.8 Å². The third-order valence-electron chi connectivity index (χ3n) is 2.58. The molecular weight excluding hydrogens is 312 g/mol. The first-order chi connectivity index (χ1) is 9.90. The monoisotopic (exact) mass is 326 g/mol. The van der Waals surface area contributed by atoms with Crippen LogP contribution >= 0.6 is 11.3 Å². The Hall–Kier alpha value is -2.13. The number of nitrogens with zero attached hydrogens (tertiary/aromatic N) is 2. The van der Waals surface area contributed by atoms with Gasteiger partial charge in [0.2, 0.25) is 0 Å². The summed E-state index contributed by atoms with van der Waals surface area (Å²) in [4.78, 5) is 3.93. The van der Waals surface area contributed by atoms with Gasteiger partial charge >= 0.3 is 0 Å². The second-order valence-corrected chi connectivity index (χ2v) is 7.41. The summed E-state index contributed by atoms with van der Waals surface area (Å²) >= 11 is 1.11. The zero-order chi connectivity index (χ0) is 15.5. The van der Waals surface area contributed by atoms with Gasteiger partial charge in [0.1, 0.15) is 5.84 Å². The van der Waals surface area contributed by atoms with Crippen LogP contribution < -0.4 is 10.5 Å². The standard InChI is InChI=1S/C12H14N4O3S2/c1-8-14-7-12(20-8)21(18,19)16-10-4-2-9(3-5-10)6-11(13)15-17/h2-5,7,16-17H,6H2,1H3,(H2,13,15). The topological polar surface area (TPSA) is 118 Å². The van der Waals surface area contributed by atoms with Crippen LogP contribution in [0.25, 0.3) is 0 Å². The van der Waals surface area contributed by atoms with E-state index in [1.54, 1.807) is 31.2 Å². The van der Waals surface area contributed by atoms with Gasteiger partial charge in [-0.1, -0.05) is 17.3 Å². The van der Waals surface area contributed by atoms with Gasteiger partial charge in [-0.05, 0) is 24.6 Å². The molecule has 0 fully saturated rings. The fourth-order valence-corrected chi connectivity index (χ4v) is 3.77. The highest BCUT2D eigenvalue weighted by Gasteiger charge is 2.17. The molecule has 0 aliphatic carbocycles. The summed E-state index contributed by atoms with van der Waals surface area (Å²) in [6, 6.07) is 6.64. The second-order valence-electron chi connectivity index (χ2n) is 4.27. The zero-order valence-electron chi connectivity index (χ0n) is 11.1. The van der Waals surface area contributed by atoms with E-state index in [1.165, 1.54) is 6.20 Å². The second kappa shape index (κ2) is 6.10. The maximum Gasteiger partial charge on any atom is 0.273 e. The molecule has 0 atom stereocenters. The van der Waals surface area contributed by atoms with Gasteiger partial charge in [0.15, 0.2) is 4.21 Å². The van der Waals surface area contributed by atoms with E-state index in [9.17, 15) is 8.42 Å². The number of aromatic nitrogens is 1. The van der Waals surface area contributed by atoms with E-state index in [0.29, 0.717) is 10.7 Å². The largest absolute Gasteiger partial charge is 0.409 e. The molecule has 21 heavy (non-hydrogen) atoms. The fourth-order valence-electron chi connectivity index (χ4n) is 1.61. The van der Waals surface area contributed by atoms with E-state index >= 15 is 0 Å². The molecular formula is C12H14N4O3S2. The van der Waals surface area contributed by atoms with Crippen molar-refractivity contribution in [1.82, 2.24) is 4.98 Å². The van der Waals surface area contributed by atoms with Crippen molar-refractivity contribution in [2.24, 2.45) is 10.9 Å². The molecule has 0 radical (unpaired) electrons. The number of anilines is 1. The summed E-state index contributed by atoms with van der Waals surface area (Å²) in [6.07, 6.45) is 1.62. The number of hydrogen-bond donors (Lipinski definition) is 3. The minimum Gasteiger partial charge on any atom is -0.409 e. The average molecular weight is 326 g/mol. The lowest BCUT2D eigenvalue weighted by Crippen LogP contribution is -2.15. The first-order valence-corrected chi connectivity index (χ1v) is 8.21. The van der Waals surface area contributed by atoms with Crippen molar-refractivity contribution in [3.8, 4) is 0 Å². The van der Waals surface area contributed by atoms with E-state index in [-0.39, 0.29) is 16.5 Å². The fraction of sp³-hybridized carbons (Fsp3) is 0.167. The maximum atomic E-state index is 12.1. The van der Waals surface area contributed by atoms with E-state index in [4.69, 9.17) is 10.9 Å². The van der Waals surface area contributed by atoms with Crippen LogP contribution in [0.2, 0.25) is 0 Å². The number of hydrogen-bond acceptors (Lipinski definition) is 6. The number of benzene rings is 1. The molecule has 0 unspecified atom stereocenters. The molecule has 9 heteroatoms. The summed E-state index contributed by atoms with van der Waals surface area (Å²) in [5.41, 5.74) is 6.65. The molecule has 4 N–H and O–H groups in total. The van der Waals surface area contributed by atoms with Crippen molar-refractivity contribution < 1.29 is 13.6 Å². The Balaban J connectivity index is 2.13. The van der Waals surface area contributed by atoms with Crippen LogP contribution in [0, 0.1) is 6.92 Å². The Bertz CT molecular complexity index is 751. The molecule has 2 aromatic rings. The van der Waals surface area contributed by atoms with Gasteiger partial charge in [0.05, 0.1) is 11.2 Å². The van der Waals surface area contributed by atoms with Gasteiger partial charge in [-0.25, -0.2) is 13.4 Å². The third-order valence-corrected chi connectivity index (χ3v) is 5.34. The molecule has 0 bridgehead atoms. The van der Waals surface area contributed by atoms with E-state index in [1.807, 2.05) is 0 Å². The number of nitrogens with one attached hydrogen (secondary N) is 1. The van der Waals surface area contributed by atoms with E-state index < -0.39 is 10.0 Å². The number of aryl methyl sites for hydroxylation is 1. The lowest BCUT2D eigenvalue weighted by molar-refractivity contribution is 0.317. The zero-order valence-corrected chi connectivity index (χ0v) is 12.8. The highest BCUT2D eigenvalue weighted by atomic mass is 32.2. The summed E-state index contributed by atoms with van der Waals surface area (Å²) in [5.74, 6) is 0.0865. The van der Waals surface area contributed by atoms with Crippen molar-refractivity contribution in [2.45, 2.75) is 17.6 Å². The number of nitrogens with two attached hydrogens (primary N) is 1. The minimum absolute atomic E-state index is 0.0865. The highest BCUT2D eigenvalue weighted by molar-refractivity contribution is 7.94. The molecule has 1 aromatic heterocycles. The predicted octanol–water partition coefficient (Wildman–Crippen LogP) is 1.54. The molecule has 1 heterocycles. The molecule has 2 rings (SSSR count). The molecule has 0 aliphatic rings. The Labute approximate surface area is 126 Å². The van der Waals surface area contributed by atoms with Gasteiger partial charge in [0, 0.05) is 12.1 Å². The molecule has 112 valence electrons. The lowest BCUT2D eigenvalue weighted by atomic mass is 10.1. The number of oxime groups is 1. The smallest absolute Gasteiger partial charge is 0.273 e. The summed E-state index contributed by atoms with van der Waals surface area (Å²) in [7, 11) is -3.62. The summed E-state index contributed by atoms with van der Waals surface area (Å²) in [5, 5.41) is 12.1. The third kappa shape index (κ3) is 3.92. The van der Waals surface area contributed by atoms with Crippen molar-refractivity contribution in [3.63, 3.8) is 0 Å². The van der Waals surface area contributed by atoms with Crippen molar-refractivity contribution in [1.29, 1.82) is 0 Å². The average Bonchev–Trinajstić information content (AvgIpc) is 2.88. The number of amidine groups is 1. The lowest BCUT2D eigenvalue weighted by Gasteiger charge is -2.07. The molecule has 1 aromatic carbocycles. The Kier molecular flexibility index (Phi) is 4.43. The van der Waals surface area contributed by atoms with Gasteiger partial charge in [-0.15, -0.1) is 11.3 Å². The molecule has 0 saturated carbocycles. The van der Waals surface area contributed by atoms with Crippen molar-refractivity contribution >= 4 is 32.9 Å². The van der Waals surface area contributed by atoms with Gasteiger partial charge in [-0.2, -0.15) is 0 Å². The van der Waals surface area contributed by atoms with Crippen LogP contribution in [-0.2, 0) is 16.4 Å². The van der Waals surface area contributed by atoms with Crippen LogP contribution in [0.1, 0.15) is 10.6 Å². The van der Waals surface area contributed by atoms with Crippen molar-refractivity contribution in [2.75, 3.05) is 4.72 Å². The highest BCUT2D eigenvalue weighted by Crippen LogP contribution is 2.21. The summed E-state index contributed by atoms with van der Waals surface area (Å²) < 4.78 is 26.9. The van der Waals surface area contributed by atoms with Crippen LogP contribution in [0.5, 0.6) is 0 Å². The molecule has 0 spiro atoms. The normalized spacial score (nSPS) is 12.3. The first kappa shape index (κ1) is 15.3. The Morgan fingerprint density at radius 2 is 2.10 bits per heavy atom. The summed E-state index contributed by atoms with van der Waals surface area (Å²) in [6.45, 7) is 1.74. The van der Waals surface area contributed by atoms with Gasteiger partial charge in [0.25, 0.3) is 10.0 Å². The number of thiazole rings is 1.